The van der Waals surface area contributed by atoms with Gasteiger partial charge in [-0.2, -0.15) is 0 Å². The fraction of sp³-hybridized carbons (Fsp3) is 0.500. The van der Waals surface area contributed by atoms with Crippen LogP contribution in [-0.4, -0.2) is 18.4 Å². The predicted octanol–water partition coefficient (Wildman–Crippen LogP) is 2.33. The second-order valence-corrected chi connectivity index (χ2v) is 4.81. The molecule has 92 valence electrons. The average Bonchev–Trinajstić information content (AvgIpc) is 2.32. The second-order valence-electron chi connectivity index (χ2n) is 4.81. The van der Waals surface area contributed by atoms with Crippen molar-refractivity contribution < 1.29 is 9.18 Å². The summed E-state index contributed by atoms with van der Waals surface area (Å²) in [6.45, 7) is 2.97. The van der Waals surface area contributed by atoms with Gasteiger partial charge in [-0.3, -0.25) is 4.79 Å². The van der Waals surface area contributed by atoms with Gasteiger partial charge in [0.05, 0.1) is 0 Å². The molecule has 1 aromatic carbocycles. The third-order valence-corrected chi connectivity index (χ3v) is 3.40. The minimum Gasteiger partial charge on any atom is -0.314 e. The Bertz CT molecular complexity index is 405. The maximum atomic E-state index is 13.4. The molecular formula is C14H18FNO. The topological polar surface area (TPSA) is 29.1 Å². The molecule has 0 aliphatic carbocycles. The molecule has 3 heteroatoms. The number of Topliss-reactive ketones (excluding diaryl/α,β-unsaturated/α-hetero) is 1. The van der Waals surface area contributed by atoms with Crippen LogP contribution in [-0.2, 0) is 11.2 Å². The van der Waals surface area contributed by atoms with Crippen LogP contribution in [0.15, 0.2) is 24.3 Å². The van der Waals surface area contributed by atoms with E-state index in [4.69, 9.17) is 0 Å². The molecule has 0 spiro atoms. The Hall–Kier alpha value is -1.22. The molecule has 2 nitrogen and oxygen atoms in total. The highest BCUT2D eigenvalue weighted by atomic mass is 19.1. The third-order valence-electron chi connectivity index (χ3n) is 3.40. The fourth-order valence-electron chi connectivity index (χ4n) is 2.40. The number of nitrogens with one attached hydrogen (secondary N) is 1. The first-order valence-corrected chi connectivity index (χ1v) is 6.16. The van der Waals surface area contributed by atoms with E-state index in [2.05, 4.69) is 12.2 Å². The summed E-state index contributed by atoms with van der Waals surface area (Å²) in [6.07, 6.45) is 1.97. The highest BCUT2D eigenvalue weighted by molar-refractivity contribution is 5.83. The van der Waals surface area contributed by atoms with E-state index in [9.17, 15) is 9.18 Å². The largest absolute Gasteiger partial charge is 0.314 e. The summed E-state index contributed by atoms with van der Waals surface area (Å²) in [6, 6.07) is 6.91. The molecule has 0 aromatic heterocycles. The molecule has 1 N–H and O–H groups in total. The molecule has 0 bridgehead atoms. The summed E-state index contributed by atoms with van der Waals surface area (Å²) in [4.78, 5) is 12.1. The summed E-state index contributed by atoms with van der Waals surface area (Å²) >= 11 is 0. The molecule has 0 amide bonds. The Kier molecular flexibility index (Phi) is 3.89. The number of carbonyl (C=O) groups is 1. The van der Waals surface area contributed by atoms with Gasteiger partial charge in [-0.25, -0.2) is 4.39 Å². The van der Waals surface area contributed by atoms with Gasteiger partial charge in [-0.15, -0.1) is 0 Å². The number of rotatable bonds is 3. The minimum atomic E-state index is -0.275. The van der Waals surface area contributed by atoms with Crippen LogP contribution >= 0.6 is 0 Å². The van der Waals surface area contributed by atoms with E-state index in [0.29, 0.717) is 11.6 Å². The Morgan fingerprint density at radius 1 is 1.47 bits per heavy atom. The van der Waals surface area contributed by atoms with E-state index in [-0.39, 0.29) is 23.9 Å². The number of benzene rings is 1. The van der Waals surface area contributed by atoms with Crippen LogP contribution in [0, 0.1) is 11.7 Å². The van der Waals surface area contributed by atoms with E-state index in [0.717, 1.165) is 19.4 Å². The molecule has 0 unspecified atom stereocenters. The van der Waals surface area contributed by atoms with E-state index < -0.39 is 0 Å². The van der Waals surface area contributed by atoms with E-state index in [1.54, 1.807) is 18.2 Å². The minimum absolute atomic E-state index is 0.0888. The van der Waals surface area contributed by atoms with Crippen LogP contribution in [0.1, 0.15) is 25.3 Å². The number of ketones is 1. The van der Waals surface area contributed by atoms with Gasteiger partial charge in [-0.1, -0.05) is 18.2 Å². The van der Waals surface area contributed by atoms with Gasteiger partial charge in [0.15, 0.2) is 0 Å². The lowest BCUT2D eigenvalue weighted by atomic mass is 9.87. The summed E-state index contributed by atoms with van der Waals surface area (Å²) < 4.78 is 13.4. The van der Waals surface area contributed by atoms with Gasteiger partial charge in [-0.05, 0) is 37.9 Å². The highest BCUT2D eigenvalue weighted by Crippen LogP contribution is 2.19. The molecule has 1 saturated heterocycles. The second kappa shape index (κ2) is 5.41. The Morgan fingerprint density at radius 3 is 2.94 bits per heavy atom. The van der Waals surface area contributed by atoms with E-state index in [1.807, 2.05) is 0 Å². The summed E-state index contributed by atoms with van der Waals surface area (Å²) in [5, 5.41) is 3.32. The van der Waals surface area contributed by atoms with Gasteiger partial charge >= 0.3 is 0 Å². The number of hydrogen-bond donors (Lipinski definition) is 1. The van der Waals surface area contributed by atoms with Gasteiger partial charge in [0.25, 0.3) is 0 Å². The Labute approximate surface area is 101 Å². The van der Waals surface area contributed by atoms with Crippen LogP contribution in [0.5, 0.6) is 0 Å². The van der Waals surface area contributed by atoms with Crippen molar-refractivity contribution in [3.8, 4) is 0 Å². The normalized spacial score (nSPS) is 24.6. The predicted molar refractivity (Wildman–Crippen MR) is 65.3 cm³/mol. The molecule has 1 aromatic rings. The molecule has 17 heavy (non-hydrogen) atoms. The third kappa shape index (κ3) is 3.13. The molecule has 1 fully saturated rings. The first kappa shape index (κ1) is 12.2. The number of hydrogen-bond acceptors (Lipinski definition) is 2. The monoisotopic (exact) mass is 235 g/mol. The lowest BCUT2D eigenvalue weighted by Gasteiger charge is -2.27. The molecule has 2 atom stereocenters. The Balaban J connectivity index is 1.99. The average molecular weight is 235 g/mol. The van der Waals surface area contributed by atoms with Crippen LogP contribution in [0.3, 0.4) is 0 Å². The van der Waals surface area contributed by atoms with Crippen molar-refractivity contribution in [1.82, 2.24) is 5.32 Å². The SMILES string of the molecule is C[C@H]1C[C@@H](C(=O)Cc2ccccc2F)CCN1. The lowest BCUT2D eigenvalue weighted by Crippen LogP contribution is -2.38. The summed E-state index contributed by atoms with van der Waals surface area (Å²) in [7, 11) is 0. The van der Waals surface area contributed by atoms with Gasteiger partial charge in [0.1, 0.15) is 11.6 Å². The number of halogens is 1. The van der Waals surface area contributed by atoms with Gasteiger partial charge in [0, 0.05) is 18.4 Å². The molecule has 0 saturated carbocycles. The quantitative estimate of drug-likeness (QED) is 0.871. The van der Waals surface area contributed by atoms with Crippen molar-refractivity contribution in [3.63, 3.8) is 0 Å². The Morgan fingerprint density at radius 2 is 2.24 bits per heavy atom. The van der Waals surface area contributed by atoms with Crippen molar-refractivity contribution in [1.29, 1.82) is 0 Å². The van der Waals surface area contributed by atoms with Crippen molar-refractivity contribution in [2.45, 2.75) is 32.2 Å². The molecule has 1 aliphatic rings. The van der Waals surface area contributed by atoms with Gasteiger partial charge in [0.2, 0.25) is 0 Å². The van der Waals surface area contributed by atoms with Crippen LogP contribution < -0.4 is 5.32 Å². The zero-order valence-corrected chi connectivity index (χ0v) is 10.1. The zero-order valence-electron chi connectivity index (χ0n) is 10.1. The van der Waals surface area contributed by atoms with Crippen molar-refractivity contribution >= 4 is 5.78 Å². The van der Waals surface area contributed by atoms with Gasteiger partial charge < -0.3 is 5.32 Å². The van der Waals surface area contributed by atoms with E-state index in [1.165, 1.54) is 6.07 Å². The lowest BCUT2D eigenvalue weighted by molar-refractivity contribution is -0.123. The fourth-order valence-corrected chi connectivity index (χ4v) is 2.40. The summed E-state index contributed by atoms with van der Waals surface area (Å²) in [5.41, 5.74) is 0.517. The number of carbonyl (C=O) groups excluding carboxylic acids is 1. The molecule has 0 radical (unpaired) electrons. The first-order chi connectivity index (χ1) is 8.16. The molecule has 1 heterocycles. The number of piperidine rings is 1. The van der Waals surface area contributed by atoms with Crippen LogP contribution in [0.4, 0.5) is 4.39 Å². The van der Waals surface area contributed by atoms with Crippen molar-refractivity contribution in [2.75, 3.05) is 6.54 Å². The molecular weight excluding hydrogens is 217 g/mol. The van der Waals surface area contributed by atoms with E-state index >= 15 is 0 Å². The smallest absolute Gasteiger partial charge is 0.140 e. The molecule has 1 aliphatic heterocycles. The van der Waals surface area contributed by atoms with Crippen LogP contribution in [0.2, 0.25) is 0 Å². The zero-order chi connectivity index (χ0) is 12.3. The first-order valence-electron chi connectivity index (χ1n) is 6.16. The highest BCUT2D eigenvalue weighted by Gasteiger charge is 2.24. The van der Waals surface area contributed by atoms with Crippen LogP contribution in [0.25, 0.3) is 0 Å². The maximum absolute atomic E-state index is 13.4. The van der Waals surface area contributed by atoms with Crippen molar-refractivity contribution in [2.24, 2.45) is 5.92 Å². The molecule has 2 rings (SSSR count). The van der Waals surface area contributed by atoms with Crippen molar-refractivity contribution in [3.05, 3.63) is 35.6 Å². The summed E-state index contributed by atoms with van der Waals surface area (Å²) in [5.74, 6) is -0.0165. The maximum Gasteiger partial charge on any atom is 0.140 e. The standard InChI is InChI=1S/C14H18FNO/c1-10-8-12(6-7-16-10)14(17)9-11-4-2-3-5-13(11)15/h2-5,10,12,16H,6-9H2,1H3/t10-,12-/m0/s1.